The Labute approximate surface area is 225 Å². The highest BCUT2D eigenvalue weighted by molar-refractivity contribution is 7.99. The summed E-state index contributed by atoms with van der Waals surface area (Å²) in [7, 11) is 0. The molecular weight excluding hydrogens is 494 g/mol. The number of aromatic hydroxyl groups is 1. The molecule has 2 heterocycles. The minimum Gasteiger partial charge on any atom is -0.508 e. The van der Waals surface area contributed by atoms with Gasteiger partial charge in [0.05, 0.1) is 11.1 Å². The number of hydrogen-bond acceptors (Lipinski definition) is 7. The Morgan fingerprint density at radius 3 is 2.47 bits per heavy atom. The van der Waals surface area contributed by atoms with Crippen LogP contribution in [0.3, 0.4) is 0 Å². The summed E-state index contributed by atoms with van der Waals surface area (Å²) in [6.45, 7) is 6.14. The summed E-state index contributed by atoms with van der Waals surface area (Å²) < 4.78 is 0. The molecule has 0 saturated heterocycles. The number of hydrogen-bond donors (Lipinski definition) is 3. The second kappa shape index (κ2) is 10.9. The highest BCUT2D eigenvalue weighted by Gasteiger charge is 2.15. The summed E-state index contributed by atoms with van der Waals surface area (Å²) in [6, 6.07) is 24.2. The SMILES string of the molecule is Cc1ccccc1NC(=O)c1ccc(Sc2ccc(O)cc2)c(Nc2ncnc3nc(C(C)C)ccc23)c1. The minimum absolute atomic E-state index is 0.205. The highest BCUT2D eigenvalue weighted by atomic mass is 32.2. The van der Waals surface area contributed by atoms with Crippen molar-refractivity contribution in [2.45, 2.75) is 36.5 Å². The third-order valence-corrected chi connectivity index (χ3v) is 7.15. The number of nitrogens with zero attached hydrogens (tertiary/aromatic N) is 3. The number of phenols is 1. The Morgan fingerprint density at radius 2 is 1.71 bits per heavy atom. The van der Waals surface area contributed by atoms with Gasteiger partial charge in [0.25, 0.3) is 5.91 Å². The molecule has 3 aromatic carbocycles. The molecule has 8 heteroatoms. The molecule has 190 valence electrons. The maximum absolute atomic E-state index is 13.2. The van der Waals surface area contributed by atoms with E-state index >= 15 is 0 Å². The van der Waals surface area contributed by atoms with Crippen molar-refractivity contribution in [3.05, 3.63) is 102 Å². The number of pyridine rings is 1. The van der Waals surface area contributed by atoms with Crippen molar-refractivity contribution in [3.63, 3.8) is 0 Å². The third-order valence-electron chi connectivity index (χ3n) is 6.06. The van der Waals surface area contributed by atoms with Crippen molar-refractivity contribution in [2.75, 3.05) is 10.6 Å². The molecule has 2 aromatic heterocycles. The van der Waals surface area contributed by atoms with E-state index in [4.69, 9.17) is 4.98 Å². The molecule has 0 spiro atoms. The molecule has 0 atom stereocenters. The number of benzene rings is 3. The van der Waals surface area contributed by atoms with Gasteiger partial charge in [-0.25, -0.2) is 15.0 Å². The van der Waals surface area contributed by atoms with E-state index in [0.717, 1.165) is 32.1 Å². The fraction of sp³-hybridized carbons (Fsp3) is 0.133. The molecule has 0 aliphatic rings. The summed E-state index contributed by atoms with van der Waals surface area (Å²) >= 11 is 1.52. The molecule has 38 heavy (non-hydrogen) atoms. The zero-order chi connectivity index (χ0) is 26.6. The Morgan fingerprint density at radius 1 is 0.921 bits per heavy atom. The number of carbonyl (C=O) groups excluding carboxylic acids is 1. The van der Waals surface area contributed by atoms with Gasteiger partial charge in [0, 0.05) is 26.7 Å². The lowest BCUT2D eigenvalue weighted by Gasteiger charge is -2.15. The van der Waals surface area contributed by atoms with Crippen molar-refractivity contribution < 1.29 is 9.90 Å². The van der Waals surface area contributed by atoms with Crippen LogP contribution in [0.15, 0.2) is 95.0 Å². The van der Waals surface area contributed by atoms with Crippen LogP contribution in [0.1, 0.15) is 41.4 Å². The molecule has 0 bridgehead atoms. The number of carbonyl (C=O) groups is 1. The predicted octanol–water partition coefficient (Wildman–Crippen LogP) is 7.31. The molecular formula is C30H27N5O2S. The van der Waals surface area contributed by atoms with Crippen LogP contribution in [0.2, 0.25) is 0 Å². The molecule has 3 N–H and O–H groups in total. The number of phenolic OH excluding ortho intramolecular Hbond substituents is 1. The Kier molecular flexibility index (Phi) is 7.24. The van der Waals surface area contributed by atoms with Gasteiger partial charge in [0.1, 0.15) is 17.9 Å². The van der Waals surface area contributed by atoms with Gasteiger partial charge in [0.2, 0.25) is 0 Å². The fourth-order valence-electron chi connectivity index (χ4n) is 3.91. The number of nitrogens with one attached hydrogen (secondary N) is 2. The Balaban J connectivity index is 1.52. The van der Waals surface area contributed by atoms with E-state index in [0.29, 0.717) is 22.7 Å². The molecule has 7 nitrogen and oxygen atoms in total. The van der Waals surface area contributed by atoms with Crippen LogP contribution in [0.25, 0.3) is 11.0 Å². The average Bonchev–Trinajstić information content (AvgIpc) is 2.92. The van der Waals surface area contributed by atoms with E-state index in [-0.39, 0.29) is 17.6 Å². The molecule has 0 aliphatic heterocycles. The van der Waals surface area contributed by atoms with Crippen molar-refractivity contribution >= 4 is 45.9 Å². The Bertz CT molecular complexity index is 1620. The quantitative estimate of drug-likeness (QED) is 0.206. The number of fused-ring (bicyclic) bond motifs is 1. The molecule has 0 fully saturated rings. The van der Waals surface area contributed by atoms with Gasteiger partial charge in [-0.3, -0.25) is 4.79 Å². The van der Waals surface area contributed by atoms with E-state index < -0.39 is 0 Å². The number of anilines is 3. The maximum Gasteiger partial charge on any atom is 0.255 e. The number of aryl methyl sites for hydroxylation is 1. The largest absolute Gasteiger partial charge is 0.508 e. The number of para-hydroxylation sites is 1. The van der Waals surface area contributed by atoms with E-state index in [2.05, 4.69) is 34.4 Å². The smallest absolute Gasteiger partial charge is 0.255 e. The maximum atomic E-state index is 13.2. The molecule has 0 radical (unpaired) electrons. The van der Waals surface area contributed by atoms with Crippen LogP contribution in [0.5, 0.6) is 5.75 Å². The molecule has 0 aliphatic carbocycles. The lowest BCUT2D eigenvalue weighted by Crippen LogP contribution is -2.13. The van der Waals surface area contributed by atoms with Crippen LogP contribution < -0.4 is 10.6 Å². The standard InChI is InChI=1S/C30H27N5O2S/c1-18(2)24-14-13-23-28(33-24)31-17-32-29(23)34-26-16-20(30(37)35-25-7-5-4-6-19(25)3)8-15-27(26)38-22-11-9-21(36)10-12-22/h4-18,36H,1-3H3,(H,35,37)(H,31,32,33,34). The van der Waals surface area contributed by atoms with Crippen LogP contribution in [0, 0.1) is 6.92 Å². The Hall–Kier alpha value is -4.43. The van der Waals surface area contributed by atoms with E-state index in [1.54, 1.807) is 18.2 Å². The van der Waals surface area contributed by atoms with Crippen molar-refractivity contribution in [3.8, 4) is 5.75 Å². The molecule has 0 saturated carbocycles. The topological polar surface area (TPSA) is 100 Å². The molecule has 5 rings (SSSR count). The minimum atomic E-state index is -0.209. The monoisotopic (exact) mass is 521 g/mol. The fourth-order valence-corrected chi connectivity index (χ4v) is 4.79. The van der Waals surface area contributed by atoms with Crippen LogP contribution in [-0.4, -0.2) is 26.0 Å². The lowest BCUT2D eigenvalue weighted by atomic mass is 10.1. The van der Waals surface area contributed by atoms with Crippen LogP contribution in [-0.2, 0) is 0 Å². The van der Waals surface area contributed by atoms with Gasteiger partial charge in [-0.05, 0) is 79.1 Å². The number of aromatic nitrogens is 3. The first kappa shape index (κ1) is 25.2. The zero-order valence-corrected chi connectivity index (χ0v) is 22.1. The summed E-state index contributed by atoms with van der Waals surface area (Å²) in [4.78, 5) is 28.6. The van der Waals surface area contributed by atoms with E-state index in [1.165, 1.54) is 18.1 Å². The van der Waals surface area contributed by atoms with Gasteiger partial charge < -0.3 is 15.7 Å². The van der Waals surface area contributed by atoms with Gasteiger partial charge in [0.15, 0.2) is 5.65 Å². The first-order valence-electron chi connectivity index (χ1n) is 12.2. The number of amides is 1. The first-order valence-corrected chi connectivity index (χ1v) is 13.1. The van der Waals surface area contributed by atoms with E-state index in [1.807, 2.05) is 67.6 Å². The zero-order valence-electron chi connectivity index (χ0n) is 21.3. The molecule has 1 amide bonds. The summed E-state index contributed by atoms with van der Waals surface area (Å²) in [5.41, 5.74) is 4.54. The van der Waals surface area contributed by atoms with Crippen molar-refractivity contribution in [2.24, 2.45) is 0 Å². The van der Waals surface area contributed by atoms with Gasteiger partial charge in [-0.2, -0.15) is 0 Å². The molecule has 0 unspecified atom stereocenters. The van der Waals surface area contributed by atoms with Crippen LogP contribution in [0.4, 0.5) is 17.2 Å². The first-order chi connectivity index (χ1) is 18.4. The summed E-state index contributed by atoms with van der Waals surface area (Å²) in [5, 5.41) is 16.9. The lowest BCUT2D eigenvalue weighted by molar-refractivity contribution is 0.102. The predicted molar refractivity (Wildman–Crippen MR) is 153 cm³/mol. The van der Waals surface area contributed by atoms with Gasteiger partial charge in [-0.15, -0.1) is 0 Å². The summed E-state index contributed by atoms with van der Waals surface area (Å²) in [5.74, 6) is 0.875. The van der Waals surface area contributed by atoms with Crippen molar-refractivity contribution in [1.82, 2.24) is 15.0 Å². The van der Waals surface area contributed by atoms with Gasteiger partial charge >= 0.3 is 0 Å². The highest BCUT2D eigenvalue weighted by Crippen LogP contribution is 2.37. The van der Waals surface area contributed by atoms with E-state index in [9.17, 15) is 9.90 Å². The normalized spacial score (nSPS) is 11.1. The molecule has 5 aromatic rings. The van der Waals surface area contributed by atoms with Gasteiger partial charge in [-0.1, -0.05) is 43.8 Å². The summed E-state index contributed by atoms with van der Waals surface area (Å²) in [6.07, 6.45) is 1.49. The number of rotatable bonds is 7. The third kappa shape index (κ3) is 5.60. The second-order valence-electron chi connectivity index (χ2n) is 9.19. The van der Waals surface area contributed by atoms with Crippen LogP contribution >= 0.6 is 11.8 Å². The second-order valence-corrected chi connectivity index (χ2v) is 10.3. The average molecular weight is 522 g/mol. The van der Waals surface area contributed by atoms with Crippen molar-refractivity contribution in [1.29, 1.82) is 0 Å².